The van der Waals surface area contributed by atoms with Gasteiger partial charge >= 0.3 is 11.9 Å². The van der Waals surface area contributed by atoms with Crippen molar-refractivity contribution in [2.75, 3.05) is 25.1 Å². The number of rotatable bonds is 8. The lowest BCUT2D eigenvalue weighted by molar-refractivity contribution is -0.118. The van der Waals surface area contributed by atoms with Crippen LogP contribution >= 0.6 is 11.3 Å². The molecule has 0 saturated carbocycles. The summed E-state index contributed by atoms with van der Waals surface area (Å²) >= 11 is 0.928. The molecule has 1 amide bonds. The van der Waals surface area contributed by atoms with Crippen LogP contribution in [0.15, 0.2) is 24.3 Å². The van der Waals surface area contributed by atoms with E-state index in [1.54, 1.807) is 20.8 Å². The number of hydrogen-bond donors (Lipinski definition) is 1. The zero-order valence-electron chi connectivity index (χ0n) is 15.7. The number of carbonyl (C=O) groups excluding carboxylic acids is 3. The number of esters is 2. The van der Waals surface area contributed by atoms with E-state index in [9.17, 15) is 18.8 Å². The van der Waals surface area contributed by atoms with Crippen molar-refractivity contribution in [1.29, 1.82) is 0 Å². The first-order valence-electron chi connectivity index (χ1n) is 8.53. The summed E-state index contributed by atoms with van der Waals surface area (Å²) in [6.45, 7) is 4.87. The van der Waals surface area contributed by atoms with E-state index in [2.05, 4.69) is 5.32 Å². The number of ether oxygens (including phenoxy) is 3. The van der Waals surface area contributed by atoms with Crippen LogP contribution in [0.2, 0.25) is 0 Å². The summed E-state index contributed by atoms with van der Waals surface area (Å²) in [5, 5.41) is 2.73. The van der Waals surface area contributed by atoms with Gasteiger partial charge in [0.15, 0.2) is 6.61 Å². The highest BCUT2D eigenvalue weighted by Gasteiger charge is 2.27. The van der Waals surface area contributed by atoms with Gasteiger partial charge < -0.3 is 19.5 Å². The van der Waals surface area contributed by atoms with E-state index >= 15 is 0 Å². The zero-order chi connectivity index (χ0) is 20.7. The van der Waals surface area contributed by atoms with E-state index in [1.807, 2.05) is 0 Å². The number of halogens is 1. The smallest absolute Gasteiger partial charge is 0.348 e. The van der Waals surface area contributed by atoms with E-state index in [4.69, 9.17) is 14.2 Å². The second kappa shape index (κ2) is 9.84. The fourth-order valence-corrected chi connectivity index (χ4v) is 3.39. The maximum atomic E-state index is 12.9. The van der Waals surface area contributed by atoms with Crippen LogP contribution in [0.1, 0.15) is 39.4 Å². The van der Waals surface area contributed by atoms with Gasteiger partial charge in [0.05, 0.1) is 18.8 Å². The average molecular weight is 409 g/mol. The third kappa shape index (κ3) is 5.29. The van der Waals surface area contributed by atoms with Crippen molar-refractivity contribution < 1.29 is 33.0 Å². The first-order chi connectivity index (χ1) is 13.4. The maximum absolute atomic E-state index is 12.9. The second-order valence-corrected chi connectivity index (χ2v) is 6.51. The van der Waals surface area contributed by atoms with Gasteiger partial charge in [0, 0.05) is 0 Å². The number of hydrogen-bond acceptors (Lipinski definition) is 7. The number of carbonyl (C=O) groups is 3. The Bertz CT molecular complexity index is 862. The Morgan fingerprint density at radius 2 is 1.64 bits per heavy atom. The Morgan fingerprint density at radius 1 is 1.04 bits per heavy atom. The number of nitrogens with one attached hydrogen (secondary N) is 1. The van der Waals surface area contributed by atoms with Gasteiger partial charge in [-0.2, -0.15) is 0 Å². The molecule has 0 bridgehead atoms. The Labute approximate surface area is 165 Å². The van der Waals surface area contributed by atoms with Crippen molar-refractivity contribution in [3.8, 4) is 5.75 Å². The highest BCUT2D eigenvalue weighted by Crippen LogP contribution is 2.34. The molecule has 9 heteroatoms. The molecule has 1 N–H and O–H groups in total. The molecule has 0 unspecified atom stereocenters. The Balaban J connectivity index is 2.18. The van der Waals surface area contributed by atoms with Crippen molar-refractivity contribution >= 4 is 34.2 Å². The van der Waals surface area contributed by atoms with Crippen molar-refractivity contribution in [2.24, 2.45) is 0 Å². The van der Waals surface area contributed by atoms with E-state index in [0.717, 1.165) is 11.3 Å². The molecule has 0 spiro atoms. The van der Waals surface area contributed by atoms with Crippen LogP contribution in [0, 0.1) is 12.7 Å². The summed E-state index contributed by atoms with van der Waals surface area (Å²) in [6, 6.07) is 5.20. The fraction of sp³-hybridized carbons (Fsp3) is 0.316. The van der Waals surface area contributed by atoms with E-state index in [0.29, 0.717) is 11.3 Å². The SMILES string of the molecule is CCOC(=O)c1sc(NC(=O)COc2ccc(F)cc2)c(C(=O)OCC)c1C. The van der Waals surface area contributed by atoms with Gasteiger partial charge in [-0.15, -0.1) is 11.3 Å². The molecule has 0 atom stereocenters. The normalized spacial score (nSPS) is 10.3. The molecular formula is C19H20FNO6S. The van der Waals surface area contributed by atoms with Crippen LogP contribution in [0.4, 0.5) is 9.39 Å². The molecule has 0 aliphatic carbocycles. The summed E-state index contributed by atoms with van der Waals surface area (Å²) in [7, 11) is 0. The van der Waals surface area contributed by atoms with Crippen molar-refractivity contribution in [3.05, 3.63) is 46.1 Å². The molecule has 2 aromatic rings. The molecule has 0 radical (unpaired) electrons. The van der Waals surface area contributed by atoms with Crippen LogP contribution in [-0.2, 0) is 14.3 Å². The van der Waals surface area contributed by atoms with Crippen LogP contribution in [0.3, 0.4) is 0 Å². The van der Waals surface area contributed by atoms with Crippen molar-refractivity contribution in [3.63, 3.8) is 0 Å². The molecular weight excluding hydrogens is 389 g/mol. The Morgan fingerprint density at radius 3 is 2.25 bits per heavy atom. The molecule has 0 aliphatic heterocycles. The molecule has 1 aromatic heterocycles. The summed E-state index contributed by atoms with van der Waals surface area (Å²) in [4.78, 5) is 36.8. The van der Waals surface area contributed by atoms with E-state index in [-0.39, 0.29) is 35.3 Å². The number of amides is 1. The van der Waals surface area contributed by atoms with Gasteiger partial charge in [-0.25, -0.2) is 14.0 Å². The van der Waals surface area contributed by atoms with Crippen LogP contribution in [-0.4, -0.2) is 37.7 Å². The third-order valence-electron chi connectivity index (χ3n) is 3.52. The number of anilines is 1. The largest absolute Gasteiger partial charge is 0.484 e. The summed E-state index contributed by atoms with van der Waals surface area (Å²) < 4.78 is 28.2. The van der Waals surface area contributed by atoms with E-state index < -0.39 is 23.7 Å². The van der Waals surface area contributed by atoms with Crippen LogP contribution in [0.25, 0.3) is 0 Å². The van der Waals surface area contributed by atoms with E-state index in [1.165, 1.54) is 24.3 Å². The molecule has 1 aromatic carbocycles. The lowest BCUT2D eigenvalue weighted by atomic mass is 10.1. The van der Waals surface area contributed by atoms with Gasteiger partial charge in [0.1, 0.15) is 21.4 Å². The first-order valence-corrected chi connectivity index (χ1v) is 9.34. The van der Waals surface area contributed by atoms with Gasteiger partial charge in [0.2, 0.25) is 0 Å². The summed E-state index contributed by atoms with van der Waals surface area (Å²) in [6.07, 6.45) is 0. The molecule has 0 fully saturated rings. The lowest BCUT2D eigenvalue weighted by Crippen LogP contribution is -2.21. The molecule has 0 aliphatic rings. The quantitative estimate of drug-likeness (QED) is 0.671. The highest BCUT2D eigenvalue weighted by atomic mass is 32.1. The Hall–Kier alpha value is -2.94. The van der Waals surface area contributed by atoms with Gasteiger partial charge in [-0.1, -0.05) is 0 Å². The van der Waals surface area contributed by atoms with Gasteiger partial charge in [0.25, 0.3) is 5.91 Å². The molecule has 28 heavy (non-hydrogen) atoms. The minimum atomic E-state index is -0.651. The summed E-state index contributed by atoms with van der Waals surface area (Å²) in [5.41, 5.74) is 0.474. The molecule has 0 saturated heterocycles. The topological polar surface area (TPSA) is 90.9 Å². The van der Waals surface area contributed by atoms with Crippen LogP contribution < -0.4 is 10.1 Å². The standard InChI is InChI=1S/C19H20FNO6S/c1-4-25-18(23)15-11(3)16(19(24)26-5-2)28-17(15)21-14(22)10-27-13-8-6-12(20)7-9-13/h6-9H,4-5,10H2,1-3H3,(H,21,22). The minimum Gasteiger partial charge on any atom is -0.484 e. The predicted octanol–water partition coefficient (Wildman–Crippen LogP) is 3.57. The summed E-state index contributed by atoms with van der Waals surface area (Å²) in [5.74, 6) is -1.89. The monoisotopic (exact) mass is 409 g/mol. The number of benzene rings is 1. The first kappa shape index (κ1) is 21.4. The predicted molar refractivity (Wildman–Crippen MR) is 101 cm³/mol. The van der Waals surface area contributed by atoms with Crippen LogP contribution in [0.5, 0.6) is 5.75 Å². The zero-order valence-corrected chi connectivity index (χ0v) is 16.5. The molecule has 2 rings (SSSR count). The number of thiophene rings is 1. The fourth-order valence-electron chi connectivity index (χ4n) is 2.28. The minimum absolute atomic E-state index is 0.102. The second-order valence-electron chi connectivity index (χ2n) is 5.49. The molecule has 150 valence electrons. The van der Waals surface area contributed by atoms with Gasteiger partial charge in [-0.05, 0) is 50.6 Å². The highest BCUT2D eigenvalue weighted by molar-refractivity contribution is 7.18. The maximum Gasteiger partial charge on any atom is 0.348 e. The van der Waals surface area contributed by atoms with Gasteiger partial charge in [-0.3, -0.25) is 4.79 Å². The lowest BCUT2D eigenvalue weighted by Gasteiger charge is -2.08. The molecule has 1 heterocycles. The Kier molecular flexibility index (Phi) is 7.51. The average Bonchev–Trinajstić information content (AvgIpc) is 2.97. The molecule has 7 nitrogen and oxygen atoms in total. The third-order valence-corrected chi connectivity index (χ3v) is 4.71. The van der Waals surface area contributed by atoms with Crippen molar-refractivity contribution in [2.45, 2.75) is 20.8 Å². The van der Waals surface area contributed by atoms with Crippen molar-refractivity contribution in [1.82, 2.24) is 0 Å².